The van der Waals surface area contributed by atoms with Crippen LogP contribution in [0.15, 0.2) is 36.5 Å². The largest absolute Gasteiger partial charge is 0.336 e. The number of carbonyl (C=O) groups is 1. The number of amides is 1. The normalized spacial score (nSPS) is 11.0. The Hall–Kier alpha value is -1.94. The summed E-state index contributed by atoms with van der Waals surface area (Å²) in [7, 11) is 0. The standard InChI is InChI=1S/C16H21N3O/c1-12(2)19(11-5-9-17)16(20)14-8-10-18-15-7-4-3-6-13(14)15/h3-4,6-8,10,12H,5,9,11,17H2,1-2H3. The highest BCUT2D eigenvalue weighted by molar-refractivity contribution is 6.06. The van der Waals surface area contributed by atoms with E-state index in [9.17, 15) is 4.79 Å². The Kier molecular flexibility index (Phi) is 4.69. The van der Waals surface area contributed by atoms with Crippen LogP contribution >= 0.6 is 0 Å². The van der Waals surface area contributed by atoms with Crippen LogP contribution in [0.5, 0.6) is 0 Å². The Morgan fingerprint density at radius 2 is 2.05 bits per heavy atom. The summed E-state index contributed by atoms with van der Waals surface area (Å²) in [6.45, 7) is 5.33. The van der Waals surface area contributed by atoms with E-state index in [1.807, 2.05) is 43.0 Å². The fraction of sp³-hybridized carbons (Fsp3) is 0.375. The highest BCUT2D eigenvalue weighted by atomic mass is 16.2. The van der Waals surface area contributed by atoms with Gasteiger partial charge in [0, 0.05) is 24.2 Å². The van der Waals surface area contributed by atoms with Crippen LogP contribution in [0.1, 0.15) is 30.6 Å². The summed E-state index contributed by atoms with van der Waals surface area (Å²) in [5, 5.41) is 0.901. The molecule has 0 aliphatic carbocycles. The van der Waals surface area contributed by atoms with Crippen molar-refractivity contribution in [3.63, 3.8) is 0 Å². The molecule has 0 atom stereocenters. The molecule has 20 heavy (non-hydrogen) atoms. The van der Waals surface area contributed by atoms with Gasteiger partial charge in [0.05, 0.1) is 11.1 Å². The van der Waals surface area contributed by atoms with E-state index >= 15 is 0 Å². The van der Waals surface area contributed by atoms with Gasteiger partial charge in [-0.3, -0.25) is 9.78 Å². The molecular formula is C16H21N3O. The molecule has 2 aromatic rings. The first-order valence-electron chi connectivity index (χ1n) is 7.00. The van der Waals surface area contributed by atoms with E-state index in [0.29, 0.717) is 18.7 Å². The van der Waals surface area contributed by atoms with Crippen LogP contribution in [0, 0.1) is 0 Å². The van der Waals surface area contributed by atoms with Gasteiger partial charge in [0.1, 0.15) is 0 Å². The van der Waals surface area contributed by atoms with Crippen LogP contribution < -0.4 is 5.73 Å². The Labute approximate surface area is 119 Å². The molecular weight excluding hydrogens is 250 g/mol. The lowest BCUT2D eigenvalue weighted by Crippen LogP contribution is -2.38. The van der Waals surface area contributed by atoms with E-state index in [1.165, 1.54) is 0 Å². The third-order valence-corrected chi connectivity index (χ3v) is 3.37. The molecule has 0 saturated carbocycles. The summed E-state index contributed by atoms with van der Waals surface area (Å²) >= 11 is 0. The van der Waals surface area contributed by atoms with Gasteiger partial charge in [-0.15, -0.1) is 0 Å². The summed E-state index contributed by atoms with van der Waals surface area (Å²) in [6, 6.07) is 9.67. The highest BCUT2D eigenvalue weighted by Gasteiger charge is 2.20. The summed E-state index contributed by atoms with van der Waals surface area (Å²) in [5.41, 5.74) is 7.12. The van der Waals surface area contributed by atoms with Gasteiger partial charge < -0.3 is 10.6 Å². The van der Waals surface area contributed by atoms with Crippen molar-refractivity contribution >= 4 is 16.8 Å². The molecule has 0 bridgehead atoms. The van der Waals surface area contributed by atoms with Crippen molar-refractivity contribution in [2.75, 3.05) is 13.1 Å². The fourth-order valence-electron chi connectivity index (χ4n) is 2.29. The van der Waals surface area contributed by atoms with Crippen molar-refractivity contribution < 1.29 is 4.79 Å². The van der Waals surface area contributed by atoms with Crippen molar-refractivity contribution in [1.82, 2.24) is 9.88 Å². The zero-order valence-corrected chi connectivity index (χ0v) is 12.0. The molecule has 4 nitrogen and oxygen atoms in total. The second-order valence-electron chi connectivity index (χ2n) is 5.11. The Morgan fingerprint density at radius 1 is 1.30 bits per heavy atom. The summed E-state index contributed by atoms with van der Waals surface area (Å²) in [6.07, 6.45) is 2.50. The van der Waals surface area contributed by atoms with Gasteiger partial charge in [0.2, 0.25) is 0 Å². The number of aromatic nitrogens is 1. The molecule has 1 heterocycles. The van der Waals surface area contributed by atoms with Crippen LogP contribution in [0.4, 0.5) is 0 Å². The third kappa shape index (κ3) is 2.96. The predicted molar refractivity (Wildman–Crippen MR) is 81.6 cm³/mol. The fourth-order valence-corrected chi connectivity index (χ4v) is 2.29. The first kappa shape index (κ1) is 14.5. The Balaban J connectivity index is 2.38. The molecule has 1 aromatic carbocycles. The van der Waals surface area contributed by atoms with Gasteiger partial charge >= 0.3 is 0 Å². The third-order valence-electron chi connectivity index (χ3n) is 3.37. The van der Waals surface area contributed by atoms with Crippen molar-refractivity contribution in [2.24, 2.45) is 5.73 Å². The van der Waals surface area contributed by atoms with E-state index in [2.05, 4.69) is 4.98 Å². The van der Waals surface area contributed by atoms with Gasteiger partial charge in [-0.05, 0) is 38.9 Å². The lowest BCUT2D eigenvalue weighted by Gasteiger charge is -2.27. The number of fused-ring (bicyclic) bond motifs is 1. The smallest absolute Gasteiger partial charge is 0.254 e. The van der Waals surface area contributed by atoms with Crippen molar-refractivity contribution in [3.05, 3.63) is 42.1 Å². The van der Waals surface area contributed by atoms with Gasteiger partial charge in [0.25, 0.3) is 5.91 Å². The molecule has 2 N–H and O–H groups in total. The monoisotopic (exact) mass is 271 g/mol. The van der Waals surface area contributed by atoms with E-state index in [4.69, 9.17) is 5.73 Å². The minimum absolute atomic E-state index is 0.0482. The zero-order chi connectivity index (χ0) is 14.5. The molecule has 2 rings (SSSR count). The minimum Gasteiger partial charge on any atom is -0.336 e. The van der Waals surface area contributed by atoms with Gasteiger partial charge in [-0.25, -0.2) is 0 Å². The second kappa shape index (κ2) is 6.48. The summed E-state index contributed by atoms with van der Waals surface area (Å²) < 4.78 is 0. The predicted octanol–water partition coefficient (Wildman–Crippen LogP) is 2.43. The van der Waals surface area contributed by atoms with Crippen molar-refractivity contribution in [1.29, 1.82) is 0 Å². The maximum Gasteiger partial charge on any atom is 0.254 e. The average molecular weight is 271 g/mol. The maximum atomic E-state index is 12.8. The van der Waals surface area contributed by atoms with E-state index in [0.717, 1.165) is 17.3 Å². The van der Waals surface area contributed by atoms with Crippen molar-refractivity contribution in [2.45, 2.75) is 26.3 Å². The molecule has 0 saturated heterocycles. The zero-order valence-electron chi connectivity index (χ0n) is 12.0. The minimum atomic E-state index is 0.0482. The first-order chi connectivity index (χ1) is 9.65. The number of rotatable bonds is 5. The lowest BCUT2D eigenvalue weighted by atomic mass is 10.1. The molecule has 106 valence electrons. The molecule has 0 aliphatic rings. The number of hydrogen-bond donors (Lipinski definition) is 1. The highest BCUT2D eigenvalue weighted by Crippen LogP contribution is 2.19. The number of hydrogen-bond acceptors (Lipinski definition) is 3. The molecule has 1 amide bonds. The molecule has 0 fully saturated rings. The van der Waals surface area contributed by atoms with Crippen LogP contribution in [-0.4, -0.2) is 34.9 Å². The van der Waals surface area contributed by atoms with Gasteiger partial charge in [0.15, 0.2) is 0 Å². The second-order valence-corrected chi connectivity index (χ2v) is 5.11. The quantitative estimate of drug-likeness (QED) is 0.908. The first-order valence-corrected chi connectivity index (χ1v) is 7.00. The molecule has 0 spiro atoms. The Morgan fingerprint density at radius 3 is 2.75 bits per heavy atom. The SMILES string of the molecule is CC(C)N(CCCN)C(=O)c1ccnc2ccccc12. The molecule has 0 unspecified atom stereocenters. The van der Waals surface area contributed by atoms with Crippen LogP contribution in [0.25, 0.3) is 10.9 Å². The van der Waals surface area contributed by atoms with Crippen LogP contribution in [-0.2, 0) is 0 Å². The number of benzene rings is 1. The van der Waals surface area contributed by atoms with Crippen molar-refractivity contribution in [3.8, 4) is 0 Å². The van der Waals surface area contributed by atoms with Gasteiger partial charge in [-0.1, -0.05) is 18.2 Å². The van der Waals surface area contributed by atoms with E-state index in [1.54, 1.807) is 12.3 Å². The van der Waals surface area contributed by atoms with E-state index < -0.39 is 0 Å². The molecule has 1 aromatic heterocycles. The van der Waals surface area contributed by atoms with Crippen LogP contribution in [0.3, 0.4) is 0 Å². The average Bonchev–Trinajstić information content (AvgIpc) is 2.46. The van der Waals surface area contributed by atoms with Crippen LogP contribution in [0.2, 0.25) is 0 Å². The number of pyridine rings is 1. The number of nitrogens with zero attached hydrogens (tertiary/aromatic N) is 2. The van der Waals surface area contributed by atoms with E-state index in [-0.39, 0.29) is 11.9 Å². The number of para-hydroxylation sites is 1. The molecule has 4 heteroatoms. The Bertz CT molecular complexity index is 590. The molecule has 0 aliphatic heterocycles. The summed E-state index contributed by atoms with van der Waals surface area (Å²) in [5.74, 6) is 0.0482. The summed E-state index contributed by atoms with van der Waals surface area (Å²) in [4.78, 5) is 18.9. The lowest BCUT2D eigenvalue weighted by molar-refractivity contribution is 0.0707. The number of nitrogens with two attached hydrogens (primary N) is 1. The number of carbonyl (C=O) groups excluding carboxylic acids is 1. The topological polar surface area (TPSA) is 59.2 Å². The molecule has 0 radical (unpaired) electrons. The van der Waals surface area contributed by atoms with Gasteiger partial charge in [-0.2, -0.15) is 0 Å². The maximum absolute atomic E-state index is 12.8.